The predicted molar refractivity (Wildman–Crippen MR) is 130 cm³/mol. The number of furan rings is 1. The number of hydrogen-bond acceptors (Lipinski definition) is 6. The summed E-state index contributed by atoms with van der Waals surface area (Å²) in [4.78, 5) is 42.3. The van der Waals surface area contributed by atoms with Gasteiger partial charge < -0.3 is 19.8 Å². The van der Waals surface area contributed by atoms with Crippen molar-refractivity contribution in [3.05, 3.63) is 92.3 Å². The number of nitrogens with zero attached hydrogens (tertiary/aromatic N) is 2. The SMILES string of the molecule is COCCN(C(=O)Cc1coc2cc(C)ccc12)c1c(N)n(Cc2ccccc2)c(=O)[nH]c1=O. The van der Waals surface area contributed by atoms with Crippen molar-refractivity contribution >= 4 is 28.4 Å². The number of benzene rings is 2. The Kier molecular flexibility index (Phi) is 6.65. The van der Waals surface area contributed by atoms with Crippen molar-refractivity contribution in [1.29, 1.82) is 0 Å². The molecule has 0 radical (unpaired) electrons. The molecule has 0 saturated heterocycles. The molecule has 3 N–H and O–H groups in total. The maximum atomic E-state index is 13.4. The largest absolute Gasteiger partial charge is 0.464 e. The highest BCUT2D eigenvalue weighted by Gasteiger charge is 2.25. The second-order valence-electron chi connectivity index (χ2n) is 8.04. The lowest BCUT2D eigenvalue weighted by Crippen LogP contribution is -2.43. The lowest BCUT2D eigenvalue weighted by molar-refractivity contribution is -0.118. The molecule has 34 heavy (non-hydrogen) atoms. The zero-order valence-corrected chi connectivity index (χ0v) is 19.0. The van der Waals surface area contributed by atoms with Crippen molar-refractivity contribution in [2.75, 3.05) is 30.9 Å². The van der Waals surface area contributed by atoms with Crippen LogP contribution in [0.3, 0.4) is 0 Å². The van der Waals surface area contributed by atoms with Crippen molar-refractivity contribution in [2.24, 2.45) is 0 Å². The summed E-state index contributed by atoms with van der Waals surface area (Å²) in [6.07, 6.45) is 1.52. The molecular formula is C25H26N4O5. The highest BCUT2D eigenvalue weighted by Crippen LogP contribution is 2.25. The van der Waals surface area contributed by atoms with Crippen molar-refractivity contribution in [3.8, 4) is 0 Å². The molecule has 2 aromatic carbocycles. The molecule has 176 valence electrons. The number of nitrogens with one attached hydrogen (secondary N) is 1. The first-order chi connectivity index (χ1) is 16.4. The summed E-state index contributed by atoms with van der Waals surface area (Å²) in [5.41, 5.74) is 8.09. The minimum Gasteiger partial charge on any atom is -0.464 e. The summed E-state index contributed by atoms with van der Waals surface area (Å²) < 4.78 is 12.0. The molecule has 0 atom stereocenters. The normalized spacial score (nSPS) is 11.1. The predicted octanol–water partition coefficient (Wildman–Crippen LogP) is 2.44. The molecule has 2 aromatic heterocycles. The number of methoxy groups -OCH3 is 1. The lowest BCUT2D eigenvalue weighted by atomic mass is 10.1. The topological polar surface area (TPSA) is 124 Å². The molecule has 4 aromatic rings. The number of hydrogen-bond donors (Lipinski definition) is 2. The van der Waals surface area contributed by atoms with Gasteiger partial charge in [-0.05, 0) is 24.1 Å². The number of amides is 1. The smallest absolute Gasteiger partial charge is 0.330 e. The van der Waals surface area contributed by atoms with E-state index in [0.717, 1.165) is 16.5 Å². The van der Waals surface area contributed by atoms with E-state index in [1.165, 1.54) is 16.6 Å². The summed E-state index contributed by atoms with van der Waals surface area (Å²) >= 11 is 0. The summed E-state index contributed by atoms with van der Waals surface area (Å²) in [6.45, 7) is 2.36. The van der Waals surface area contributed by atoms with E-state index >= 15 is 0 Å². The molecule has 0 aliphatic rings. The van der Waals surface area contributed by atoms with E-state index in [-0.39, 0.29) is 43.5 Å². The minimum atomic E-state index is -0.732. The summed E-state index contributed by atoms with van der Waals surface area (Å²) in [5.74, 6) is -0.461. The minimum absolute atomic E-state index is 0.0174. The van der Waals surface area contributed by atoms with Crippen molar-refractivity contribution < 1.29 is 13.9 Å². The third-order valence-corrected chi connectivity index (χ3v) is 5.64. The molecule has 1 amide bonds. The fourth-order valence-corrected chi connectivity index (χ4v) is 3.89. The van der Waals surface area contributed by atoms with E-state index in [0.29, 0.717) is 11.1 Å². The fourth-order valence-electron chi connectivity index (χ4n) is 3.89. The molecule has 0 spiro atoms. The van der Waals surface area contributed by atoms with Crippen LogP contribution in [0.1, 0.15) is 16.7 Å². The number of rotatable bonds is 8. The van der Waals surface area contributed by atoms with Crippen LogP contribution in [0.2, 0.25) is 0 Å². The molecule has 4 rings (SSSR count). The molecule has 0 aliphatic carbocycles. The number of ether oxygens (including phenoxy) is 1. The van der Waals surface area contributed by atoms with Gasteiger partial charge in [-0.2, -0.15) is 0 Å². The number of anilines is 2. The summed E-state index contributed by atoms with van der Waals surface area (Å²) in [7, 11) is 1.50. The van der Waals surface area contributed by atoms with Crippen molar-refractivity contribution in [2.45, 2.75) is 19.9 Å². The molecule has 0 aliphatic heterocycles. The average Bonchev–Trinajstić information content (AvgIpc) is 3.20. The van der Waals surface area contributed by atoms with Crippen LogP contribution in [0, 0.1) is 6.92 Å². The Bertz CT molecular complexity index is 1440. The Morgan fingerprint density at radius 3 is 2.68 bits per heavy atom. The van der Waals surface area contributed by atoms with Gasteiger partial charge in [0.25, 0.3) is 5.56 Å². The fraction of sp³-hybridized carbons (Fsp3) is 0.240. The standard InChI is InChI=1S/C25H26N4O5/c1-16-8-9-19-18(15-34-20(19)12-16)13-21(30)28(10-11-33-2)22-23(26)29(25(32)27-24(22)31)14-17-6-4-3-5-7-17/h3-9,12,15H,10-11,13-14,26H2,1-2H3,(H,27,31,32). The maximum absolute atomic E-state index is 13.4. The van der Waals surface area contributed by atoms with E-state index in [4.69, 9.17) is 14.9 Å². The van der Waals surface area contributed by atoms with Crippen LogP contribution in [0.4, 0.5) is 11.5 Å². The number of nitrogens with two attached hydrogens (primary N) is 1. The number of nitrogen functional groups attached to an aromatic ring is 1. The quantitative estimate of drug-likeness (QED) is 0.415. The number of aromatic nitrogens is 2. The van der Waals surface area contributed by atoms with Gasteiger partial charge in [0.15, 0.2) is 5.69 Å². The van der Waals surface area contributed by atoms with Crippen LogP contribution in [0.5, 0.6) is 0 Å². The Morgan fingerprint density at radius 2 is 1.94 bits per heavy atom. The number of H-pyrrole nitrogens is 1. The van der Waals surface area contributed by atoms with Crippen LogP contribution in [0.15, 0.2) is 68.8 Å². The number of carbonyl (C=O) groups excluding carboxylic acids is 1. The van der Waals surface area contributed by atoms with Crippen LogP contribution in [-0.4, -0.2) is 35.7 Å². The molecule has 0 bridgehead atoms. The Morgan fingerprint density at radius 1 is 1.18 bits per heavy atom. The molecule has 9 heteroatoms. The number of carbonyl (C=O) groups is 1. The molecule has 0 saturated carbocycles. The van der Waals surface area contributed by atoms with Gasteiger partial charge in [0.05, 0.1) is 25.8 Å². The molecular weight excluding hydrogens is 436 g/mol. The van der Waals surface area contributed by atoms with Crippen molar-refractivity contribution in [3.63, 3.8) is 0 Å². The number of aryl methyl sites for hydroxylation is 1. The molecule has 0 unspecified atom stereocenters. The monoisotopic (exact) mass is 462 g/mol. The maximum Gasteiger partial charge on any atom is 0.330 e. The van der Waals surface area contributed by atoms with Crippen molar-refractivity contribution in [1.82, 2.24) is 9.55 Å². The van der Waals surface area contributed by atoms with Gasteiger partial charge in [0.1, 0.15) is 11.4 Å². The Hall–Kier alpha value is -4.11. The van der Waals surface area contributed by atoms with Crippen LogP contribution in [-0.2, 0) is 22.5 Å². The highest BCUT2D eigenvalue weighted by molar-refractivity contribution is 5.98. The van der Waals surface area contributed by atoms with E-state index in [1.807, 2.05) is 55.5 Å². The van der Waals surface area contributed by atoms with Crippen LogP contribution in [0.25, 0.3) is 11.0 Å². The third kappa shape index (κ3) is 4.65. The first-order valence-corrected chi connectivity index (χ1v) is 10.8. The van der Waals surface area contributed by atoms with Gasteiger partial charge >= 0.3 is 5.69 Å². The van der Waals surface area contributed by atoms with Crippen LogP contribution >= 0.6 is 0 Å². The van der Waals surface area contributed by atoms with Gasteiger partial charge in [0.2, 0.25) is 5.91 Å². The first-order valence-electron chi connectivity index (χ1n) is 10.8. The van der Waals surface area contributed by atoms with Crippen LogP contribution < -0.4 is 21.9 Å². The van der Waals surface area contributed by atoms with Gasteiger partial charge in [-0.1, -0.05) is 42.5 Å². The second-order valence-corrected chi connectivity index (χ2v) is 8.04. The highest BCUT2D eigenvalue weighted by atomic mass is 16.5. The number of aromatic amines is 1. The summed E-state index contributed by atoms with van der Waals surface area (Å²) in [5, 5.41) is 0.821. The second kappa shape index (κ2) is 9.80. The third-order valence-electron chi connectivity index (χ3n) is 5.64. The average molecular weight is 463 g/mol. The molecule has 9 nitrogen and oxygen atoms in total. The first kappa shape index (κ1) is 23.1. The van der Waals surface area contributed by atoms with E-state index < -0.39 is 11.2 Å². The molecule has 0 fully saturated rings. The van der Waals surface area contributed by atoms with E-state index in [1.54, 1.807) is 6.26 Å². The Labute approximate surface area is 195 Å². The van der Waals surface area contributed by atoms with E-state index in [2.05, 4.69) is 4.98 Å². The van der Waals surface area contributed by atoms with Gasteiger partial charge in [-0.3, -0.25) is 19.1 Å². The van der Waals surface area contributed by atoms with Gasteiger partial charge in [-0.15, -0.1) is 0 Å². The number of fused-ring (bicyclic) bond motifs is 1. The Balaban J connectivity index is 1.72. The summed E-state index contributed by atoms with van der Waals surface area (Å²) in [6, 6.07) is 15.0. The lowest BCUT2D eigenvalue weighted by Gasteiger charge is -2.24. The van der Waals surface area contributed by atoms with E-state index in [9.17, 15) is 14.4 Å². The van der Waals surface area contributed by atoms with Gasteiger partial charge in [-0.25, -0.2) is 4.79 Å². The molecule has 2 heterocycles. The zero-order chi connectivity index (χ0) is 24.2. The zero-order valence-electron chi connectivity index (χ0n) is 19.0. The van der Waals surface area contributed by atoms with Gasteiger partial charge in [0, 0.05) is 24.6 Å².